The summed E-state index contributed by atoms with van der Waals surface area (Å²) in [6, 6.07) is 8.18. The van der Waals surface area contributed by atoms with Crippen LogP contribution in [-0.2, 0) is 16.8 Å². The average molecular weight is 328 g/mol. The molecule has 2 aliphatic rings. The highest BCUT2D eigenvalue weighted by molar-refractivity contribution is 5.78. The molecule has 1 amide bonds. The molecule has 0 saturated carbocycles. The minimum absolute atomic E-state index is 0.00335. The molecule has 0 radical (unpaired) electrons. The first-order valence-electron chi connectivity index (χ1n) is 9.12. The zero-order valence-electron chi connectivity index (χ0n) is 14.3. The van der Waals surface area contributed by atoms with Crippen molar-refractivity contribution in [2.75, 3.05) is 19.7 Å². The molecule has 0 spiro atoms. The predicted molar refractivity (Wildman–Crippen MR) is 95.7 cm³/mol. The number of aryl methyl sites for hydroxylation is 1. The van der Waals surface area contributed by atoms with Crippen LogP contribution >= 0.6 is 0 Å². The predicted octanol–water partition coefficient (Wildman–Crippen LogP) is 2.42. The van der Waals surface area contributed by atoms with Crippen LogP contribution in [-0.4, -0.2) is 30.7 Å². The van der Waals surface area contributed by atoms with Gasteiger partial charge in [-0.3, -0.25) is 10.1 Å². The molecule has 0 aromatic heterocycles. The Hall–Kier alpha value is -1.65. The monoisotopic (exact) mass is 328 g/mol. The van der Waals surface area contributed by atoms with E-state index >= 15 is 0 Å². The lowest BCUT2D eigenvalue weighted by molar-refractivity contribution is -0.120. The first-order chi connectivity index (χ1) is 11.7. The largest absolute Gasteiger partial charge is 0.394 e. The number of hydrogen-bond donors (Lipinski definition) is 3. The number of amides is 1. The smallest absolute Gasteiger partial charge is 0.233 e. The summed E-state index contributed by atoms with van der Waals surface area (Å²) in [6.45, 7) is 0.965. The van der Waals surface area contributed by atoms with Gasteiger partial charge in [-0.2, -0.15) is 0 Å². The number of nitrogens with one attached hydrogen (secondary N) is 2. The zero-order valence-corrected chi connectivity index (χ0v) is 14.3. The summed E-state index contributed by atoms with van der Waals surface area (Å²) >= 11 is 0. The molecule has 0 bridgehead atoms. The van der Waals surface area contributed by atoms with E-state index in [-0.39, 0.29) is 19.1 Å². The maximum Gasteiger partial charge on any atom is 0.233 e. The van der Waals surface area contributed by atoms with Crippen LogP contribution in [0.25, 0.3) is 0 Å². The Labute approximate surface area is 144 Å². The number of fused-ring (bicyclic) bond motifs is 1. The van der Waals surface area contributed by atoms with E-state index in [2.05, 4.69) is 28.8 Å². The Bertz CT molecular complexity index is 611. The second-order valence-electron chi connectivity index (χ2n) is 6.96. The van der Waals surface area contributed by atoms with Gasteiger partial charge in [0.05, 0.1) is 18.7 Å². The van der Waals surface area contributed by atoms with Gasteiger partial charge in [-0.1, -0.05) is 35.9 Å². The van der Waals surface area contributed by atoms with Gasteiger partial charge in [-0.05, 0) is 56.1 Å². The molecule has 24 heavy (non-hydrogen) atoms. The van der Waals surface area contributed by atoms with E-state index in [4.69, 9.17) is 0 Å². The number of benzene rings is 1. The minimum atomic E-state index is -0.472. The van der Waals surface area contributed by atoms with E-state index in [1.54, 1.807) is 0 Å². The van der Waals surface area contributed by atoms with Gasteiger partial charge in [0.15, 0.2) is 0 Å². The molecule has 0 aliphatic heterocycles. The Morgan fingerprint density at radius 3 is 2.88 bits per heavy atom. The number of carbonyl (C=O) groups is 1. The van der Waals surface area contributed by atoms with Crippen molar-refractivity contribution >= 4 is 5.91 Å². The highest BCUT2D eigenvalue weighted by atomic mass is 16.3. The maximum atomic E-state index is 12.1. The fourth-order valence-corrected chi connectivity index (χ4v) is 3.90. The molecule has 0 heterocycles. The van der Waals surface area contributed by atoms with E-state index in [9.17, 15) is 9.90 Å². The minimum Gasteiger partial charge on any atom is -0.394 e. The number of rotatable bonds is 7. The molecule has 0 saturated heterocycles. The standard InChI is InChI=1S/C20H28N2O2/c23-15-20(12-10-17-8-4-5-9-18(17)20)22-14-19(24)21-13-11-16-6-2-1-3-7-16/h4-6,8-9,22-23H,1-3,7,10-15H2,(H,21,24). The van der Waals surface area contributed by atoms with Gasteiger partial charge in [-0.15, -0.1) is 0 Å². The Morgan fingerprint density at radius 1 is 1.21 bits per heavy atom. The van der Waals surface area contributed by atoms with E-state index in [0.717, 1.165) is 24.8 Å². The molecule has 1 atom stereocenters. The van der Waals surface area contributed by atoms with Crippen molar-refractivity contribution in [1.29, 1.82) is 0 Å². The summed E-state index contributed by atoms with van der Waals surface area (Å²) in [6.07, 6.45) is 10.00. The van der Waals surface area contributed by atoms with Gasteiger partial charge in [0.2, 0.25) is 5.91 Å². The second-order valence-corrected chi connectivity index (χ2v) is 6.96. The molecule has 4 nitrogen and oxygen atoms in total. The quantitative estimate of drug-likeness (QED) is 0.674. The van der Waals surface area contributed by atoms with Crippen LogP contribution in [0.1, 0.15) is 49.7 Å². The van der Waals surface area contributed by atoms with Crippen molar-refractivity contribution in [3.8, 4) is 0 Å². The van der Waals surface area contributed by atoms with E-state index in [1.807, 2.05) is 12.1 Å². The molecule has 0 fully saturated rings. The van der Waals surface area contributed by atoms with Gasteiger partial charge in [0.25, 0.3) is 0 Å². The Kier molecular flexibility index (Phi) is 5.69. The zero-order chi connectivity index (χ0) is 16.8. The average Bonchev–Trinajstić information content (AvgIpc) is 3.00. The van der Waals surface area contributed by atoms with Crippen molar-refractivity contribution in [2.45, 2.75) is 50.5 Å². The molecular weight excluding hydrogens is 300 g/mol. The van der Waals surface area contributed by atoms with Gasteiger partial charge in [0, 0.05) is 6.54 Å². The Balaban J connectivity index is 1.48. The van der Waals surface area contributed by atoms with Gasteiger partial charge in [-0.25, -0.2) is 0 Å². The van der Waals surface area contributed by atoms with Crippen LogP contribution in [0.5, 0.6) is 0 Å². The van der Waals surface area contributed by atoms with Crippen molar-refractivity contribution < 1.29 is 9.90 Å². The van der Waals surface area contributed by atoms with Crippen molar-refractivity contribution in [3.63, 3.8) is 0 Å². The van der Waals surface area contributed by atoms with Crippen LogP contribution in [0.2, 0.25) is 0 Å². The Morgan fingerprint density at radius 2 is 2.08 bits per heavy atom. The van der Waals surface area contributed by atoms with E-state index < -0.39 is 5.54 Å². The lowest BCUT2D eigenvalue weighted by atomic mass is 9.92. The first-order valence-corrected chi connectivity index (χ1v) is 9.12. The van der Waals surface area contributed by atoms with Crippen molar-refractivity contribution in [3.05, 3.63) is 47.0 Å². The van der Waals surface area contributed by atoms with Crippen LogP contribution in [0.3, 0.4) is 0 Å². The summed E-state index contributed by atoms with van der Waals surface area (Å²) in [5.74, 6) is 0.00335. The van der Waals surface area contributed by atoms with Gasteiger partial charge >= 0.3 is 0 Å². The lowest BCUT2D eigenvalue weighted by Crippen LogP contribution is -2.48. The lowest BCUT2D eigenvalue weighted by Gasteiger charge is -2.29. The number of aliphatic hydroxyl groups excluding tert-OH is 1. The molecule has 1 unspecified atom stereocenters. The molecule has 4 heteroatoms. The van der Waals surface area contributed by atoms with Crippen LogP contribution in [0.4, 0.5) is 0 Å². The first kappa shape index (κ1) is 17.2. The fourth-order valence-electron chi connectivity index (χ4n) is 3.90. The number of allylic oxidation sites excluding steroid dienone is 1. The van der Waals surface area contributed by atoms with Crippen LogP contribution < -0.4 is 10.6 Å². The molecular formula is C20H28N2O2. The molecule has 130 valence electrons. The molecule has 2 aliphatic carbocycles. The summed E-state index contributed by atoms with van der Waals surface area (Å²) in [5, 5.41) is 16.2. The number of hydrogen-bond acceptors (Lipinski definition) is 3. The van der Waals surface area contributed by atoms with Crippen LogP contribution in [0, 0.1) is 0 Å². The molecule has 3 N–H and O–H groups in total. The highest BCUT2D eigenvalue weighted by Crippen LogP contribution is 2.36. The molecule has 3 rings (SSSR count). The number of aliphatic hydroxyl groups is 1. The topological polar surface area (TPSA) is 61.4 Å². The third-order valence-electron chi connectivity index (χ3n) is 5.36. The molecule has 1 aromatic rings. The summed E-state index contributed by atoms with van der Waals surface area (Å²) in [4.78, 5) is 12.1. The SMILES string of the molecule is O=C(CNC1(CO)CCc2ccccc21)NCCC1=CCCCC1. The van der Waals surface area contributed by atoms with E-state index in [0.29, 0.717) is 6.54 Å². The van der Waals surface area contributed by atoms with Crippen LogP contribution in [0.15, 0.2) is 35.9 Å². The highest BCUT2D eigenvalue weighted by Gasteiger charge is 2.37. The van der Waals surface area contributed by atoms with Gasteiger partial charge < -0.3 is 10.4 Å². The summed E-state index contributed by atoms with van der Waals surface area (Å²) in [5.41, 5.74) is 3.40. The summed E-state index contributed by atoms with van der Waals surface area (Å²) < 4.78 is 0. The maximum absolute atomic E-state index is 12.1. The normalized spacial score (nSPS) is 22.8. The van der Waals surface area contributed by atoms with Crippen molar-refractivity contribution in [1.82, 2.24) is 10.6 Å². The van der Waals surface area contributed by atoms with Crippen molar-refractivity contribution in [2.24, 2.45) is 0 Å². The third kappa shape index (κ3) is 3.87. The number of carbonyl (C=O) groups excluding carboxylic acids is 1. The third-order valence-corrected chi connectivity index (χ3v) is 5.36. The fraction of sp³-hybridized carbons (Fsp3) is 0.550. The van der Waals surface area contributed by atoms with E-state index in [1.165, 1.54) is 36.8 Å². The van der Waals surface area contributed by atoms with Gasteiger partial charge in [0.1, 0.15) is 0 Å². The molecule has 1 aromatic carbocycles. The second kappa shape index (κ2) is 7.95. The summed E-state index contributed by atoms with van der Waals surface area (Å²) in [7, 11) is 0.